The minimum atomic E-state index is 0.102. The third-order valence-corrected chi connectivity index (χ3v) is 2.97. The fraction of sp³-hybridized carbons (Fsp3) is 0.364. The van der Waals surface area contributed by atoms with Gasteiger partial charge in [-0.25, -0.2) is 0 Å². The predicted octanol–water partition coefficient (Wildman–Crippen LogP) is 1.61. The molecule has 1 fully saturated rings. The Hall–Kier alpha value is -1.42. The maximum Gasteiger partial charge on any atom is 0.220 e. The molecule has 1 heterocycles. The molecule has 0 radical (unpaired) electrons. The van der Waals surface area contributed by atoms with E-state index in [2.05, 4.69) is 10.6 Å². The molecule has 1 saturated heterocycles. The van der Waals surface area contributed by atoms with Crippen LogP contribution in [0.4, 0.5) is 11.4 Å². The fourth-order valence-corrected chi connectivity index (χ4v) is 1.99. The molecule has 1 aromatic carbocycles. The number of piperidine rings is 1. The number of carbonyl (C=O) groups is 1. The Morgan fingerprint density at radius 1 is 1.50 bits per heavy atom. The lowest BCUT2D eigenvalue weighted by Gasteiger charge is -2.25. The summed E-state index contributed by atoms with van der Waals surface area (Å²) in [5, 5.41) is 6.68. The van der Waals surface area contributed by atoms with E-state index in [1.807, 2.05) is 6.07 Å². The van der Waals surface area contributed by atoms with Crippen molar-refractivity contribution in [2.45, 2.75) is 18.9 Å². The summed E-state index contributed by atoms with van der Waals surface area (Å²) >= 11 is 6.05. The molecule has 1 aliphatic rings. The predicted molar refractivity (Wildman–Crippen MR) is 65.5 cm³/mol. The van der Waals surface area contributed by atoms with Gasteiger partial charge < -0.3 is 16.4 Å². The number of rotatable bonds is 2. The molecule has 4 N–H and O–H groups in total. The van der Waals surface area contributed by atoms with Crippen molar-refractivity contribution >= 4 is 28.9 Å². The van der Waals surface area contributed by atoms with Crippen LogP contribution in [0.2, 0.25) is 5.02 Å². The van der Waals surface area contributed by atoms with Gasteiger partial charge in [0.1, 0.15) is 0 Å². The third-order valence-electron chi connectivity index (χ3n) is 2.66. The molecule has 0 bridgehead atoms. The molecule has 0 spiro atoms. The summed E-state index contributed by atoms with van der Waals surface area (Å²) in [6, 6.07) is 5.60. The van der Waals surface area contributed by atoms with Crippen molar-refractivity contribution in [3.63, 3.8) is 0 Å². The molecule has 1 aromatic rings. The lowest BCUT2D eigenvalue weighted by molar-refractivity contribution is -0.122. The van der Waals surface area contributed by atoms with Gasteiger partial charge in [0.25, 0.3) is 0 Å². The highest BCUT2D eigenvalue weighted by atomic mass is 35.5. The van der Waals surface area contributed by atoms with Gasteiger partial charge in [-0.1, -0.05) is 17.7 Å². The molecule has 5 heteroatoms. The second kappa shape index (κ2) is 4.61. The average molecular weight is 240 g/mol. The highest BCUT2D eigenvalue weighted by Crippen LogP contribution is 2.29. The minimum absolute atomic E-state index is 0.102. The molecule has 0 aliphatic carbocycles. The van der Waals surface area contributed by atoms with Crippen LogP contribution >= 0.6 is 11.6 Å². The molecule has 16 heavy (non-hydrogen) atoms. The van der Waals surface area contributed by atoms with Gasteiger partial charge in [-0.05, 0) is 18.6 Å². The Labute approximate surface area is 99.2 Å². The van der Waals surface area contributed by atoms with Gasteiger partial charge in [-0.3, -0.25) is 4.79 Å². The van der Waals surface area contributed by atoms with E-state index in [0.717, 1.165) is 12.1 Å². The molecule has 1 unspecified atom stereocenters. The van der Waals surface area contributed by atoms with Crippen molar-refractivity contribution in [2.75, 3.05) is 17.6 Å². The topological polar surface area (TPSA) is 67.1 Å². The lowest BCUT2D eigenvalue weighted by Crippen LogP contribution is -2.42. The molecule has 0 aromatic heterocycles. The summed E-state index contributed by atoms with van der Waals surface area (Å²) in [4.78, 5) is 11.0. The van der Waals surface area contributed by atoms with Crippen molar-refractivity contribution in [1.82, 2.24) is 5.32 Å². The SMILES string of the molecule is Nc1cccc(Cl)c1NC1CCC(=O)NC1. The molecule has 1 aliphatic heterocycles. The van der Waals surface area contributed by atoms with E-state index < -0.39 is 0 Å². The first-order valence-electron chi connectivity index (χ1n) is 5.24. The van der Waals surface area contributed by atoms with Crippen LogP contribution in [0.15, 0.2) is 18.2 Å². The summed E-state index contributed by atoms with van der Waals surface area (Å²) in [6.45, 7) is 0.615. The second-order valence-electron chi connectivity index (χ2n) is 3.89. The number of halogens is 1. The minimum Gasteiger partial charge on any atom is -0.397 e. The van der Waals surface area contributed by atoms with Crippen LogP contribution < -0.4 is 16.4 Å². The summed E-state index contributed by atoms with van der Waals surface area (Å²) in [5.74, 6) is 0.102. The van der Waals surface area contributed by atoms with E-state index in [9.17, 15) is 4.79 Å². The first kappa shape index (κ1) is 11.1. The zero-order valence-corrected chi connectivity index (χ0v) is 9.55. The number of nitrogens with two attached hydrogens (primary N) is 1. The first-order valence-corrected chi connectivity index (χ1v) is 5.62. The maximum absolute atomic E-state index is 11.0. The number of nitrogen functional groups attached to an aromatic ring is 1. The summed E-state index contributed by atoms with van der Waals surface area (Å²) in [5.41, 5.74) is 7.22. The molecular formula is C11H14ClN3O. The Bertz CT molecular complexity index is 378. The van der Waals surface area contributed by atoms with Crippen molar-refractivity contribution in [3.8, 4) is 0 Å². The number of carbonyl (C=O) groups excluding carboxylic acids is 1. The Morgan fingerprint density at radius 2 is 2.31 bits per heavy atom. The summed E-state index contributed by atoms with van der Waals surface area (Å²) < 4.78 is 0. The van der Waals surface area contributed by atoms with Gasteiger partial charge in [0.05, 0.1) is 16.4 Å². The van der Waals surface area contributed by atoms with Gasteiger partial charge in [-0.15, -0.1) is 0 Å². The van der Waals surface area contributed by atoms with Gasteiger partial charge >= 0.3 is 0 Å². The lowest BCUT2D eigenvalue weighted by atomic mass is 10.1. The summed E-state index contributed by atoms with van der Waals surface area (Å²) in [6.07, 6.45) is 1.35. The van der Waals surface area contributed by atoms with Crippen LogP contribution in [-0.4, -0.2) is 18.5 Å². The van der Waals surface area contributed by atoms with Crippen LogP contribution in [0.5, 0.6) is 0 Å². The van der Waals surface area contributed by atoms with E-state index in [4.69, 9.17) is 17.3 Å². The number of benzene rings is 1. The maximum atomic E-state index is 11.0. The summed E-state index contributed by atoms with van der Waals surface area (Å²) in [7, 11) is 0. The van der Waals surface area contributed by atoms with Crippen LogP contribution in [0.3, 0.4) is 0 Å². The molecule has 0 saturated carbocycles. The van der Waals surface area contributed by atoms with Gasteiger partial charge in [0.15, 0.2) is 0 Å². The highest BCUT2D eigenvalue weighted by molar-refractivity contribution is 6.33. The van der Waals surface area contributed by atoms with Crippen molar-refractivity contribution < 1.29 is 4.79 Å². The zero-order valence-electron chi connectivity index (χ0n) is 8.79. The Morgan fingerprint density at radius 3 is 2.94 bits per heavy atom. The van der Waals surface area contributed by atoms with Crippen LogP contribution in [0, 0.1) is 0 Å². The van der Waals surface area contributed by atoms with Crippen molar-refractivity contribution in [3.05, 3.63) is 23.2 Å². The standard InChI is InChI=1S/C11H14ClN3O/c12-8-2-1-3-9(13)11(8)15-7-4-5-10(16)14-6-7/h1-3,7,15H,4-6,13H2,(H,14,16). The molecule has 4 nitrogen and oxygen atoms in total. The number of amides is 1. The van der Waals surface area contributed by atoms with Crippen molar-refractivity contribution in [1.29, 1.82) is 0 Å². The third kappa shape index (κ3) is 2.39. The molecule has 1 atom stereocenters. The molecule has 1 amide bonds. The van der Waals surface area contributed by atoms with Gasteiger partial charge in [0.2, 0.25) is 5.91 Å². The van der Waals surface area contributed by atoms with Gasteiger partial charge in [0, 0.05) is 19.0 Å². The largest absolute Gasteiger partial charge is 0.397 e. The quantitative estimate of drug-likeness (QED) is 0.687. The normalized spacial score (nSPS) is 20.3. The number of para-hydroxylation sites is 1. The highest BCUT2D eigenvalue weighted by Gasteiger charge is 2.19. The second-order valence-corrected chi connectivity index (χ2v) is 4.30. The van der Waals surface area contributed by atoms with Crippen molar-refractivity contribution in [2.24, 2.45) is 0 Å². The van der Waals surface area contributed by atoms with E-state index in [1.165, 1.54) is 0 Å². The van der Waals surface area contributed by atoms with E-state index in [0.29, 0.717) is 23.7 Å². The number of nitrogens with one attached hydrogen (secondary N) is 2. The zero-order chi connectivity index (χ0) is 11.5. The van der Waals surface area contributed by atoms with E-state index in [1.54, 1.807) is 12.1 Å². The molecule has 86 valence electrons. The van der Waals surface area contributed by atoms with Crippen LogP contribution in [-0.2, 0) is 4.79 Å². The smallest absolute Gasteiger partial charge is 0.220 e. The monoisotopic (exact) mass is 239 g/mol. The number of hydrogen-bond donors (Lipinski definition) is 3. The van der Waals surface area contributed by atoms with E-state index >= 15 is 0 Å². The van der Waals surface area contributed by atoms with E-state index in [-0.39, 0.29) is 11.9 Å². The molecule has 2 rings (SSSR count). The number of anilines is 2. The van der Waals surface area contributed by atoms with Gasteiger partial charge in [-0.2, -0.15) is 0 Å². The number of hydrogen-bond acceptors (Lipinski definition) is 3. The Balaban J connectivity index is 2.06. The Kier molecular flexibility index (Phi) is 3.19. The fourth-order valence-electron chi connectivity index (χ4n) is 1.75. The van der Waals surface area contributed by atoms with Crippen LogP contribution in [0.25, 0.3) is 0 Å². The first-order chi connectivity index (χ1) is 7.66. The average Bonchev–Trinajstić information content (AvgIpc) is 2.26. The molecular weight excluding hydrogens is 226 g/mol. The van der Waals surface area contributed by atoms with Crippen LogP contribution in [0.1, 0.15) is 12.8 Å².